The number of amides is 1. The second-order valence-electron chi connectivity index (χ2n) is 3.31. The second kappa shape index (κ2) is 3.68. The maximum absolute atomic E-state index is 11.2. The number of hydrogen-bond donors (Lipinski definition) is 1. The van der Waals surface area contributed by atoms with E-state index < -0.39 is 0 Å². The first-order valence-corrected chi connectivity index (χ1v) is 4.70. The van der Waals surface area contributed by atoms with Gasteiger partial charge in [-0.25, -0.2) is 9.97 Å². The molecule has 15 heavy (non-hydrogen) atoms. The van der Waals surface area contributed by atoms with Crippen LogP contribution in [0.25, 0.3) is 11.0 Å². The molecule has 2 heterocycles. The fraction of sp³-hybridized carbons (Fsp3) is 0.300. The van der Waals surface area contributed by atoms with Crippen LogP contribution >= 0.6 is 0 Å². The SMILES string of the molecule is CNC(=O)Cn1ccc2cnc(C)nc21. The molecule has 0 aliphatic carbocycles. The number of rotatable bonds is 2. The van der Waals surface area contributed by atoms with Gasteiger partial charge in [0.05, 0.1) is 0 Å². The summed E-state index contributed by atoms with van der Waals surface area (Å²) in [6.45, 7) is 2.12. The molecule has 0 saturated heterocycles. The summed E-state index contributed by atoms with van der Waals surface area (Å²) in [5.41, 5.74) is 0.797. The highest BCUT2D eigenvalue weighted by Gasteiger charge is 2.06. The first kappa shape index (κ1) is 9.64. The van der Waals surface area contributed by atoms with Crippen LogP contribution in [0.3, 0.4) is 0 Å². The fourth-order valence-corrected chi connectivity index (χ4v) is 1.42. The zero-order chi connectivity index (χ0) is 10.8. The molecule has 0 aliphatic heterocycles. The number of hydrogen-bond acceptors (Lipinski definition) is 3. The van der Waals surface area contributed by atoms with Crippen LogP contribution in [-0.4, -0.2) is 27.5 Å². The second-order valence-corrected chi connectivity index (χ2v) is 3.31. The monoisotopic (exact) mass is 204 g/mol. The Morgan fingerprint density at radius 3 is 3.13 bits per heavy atom. The molecule has 0 bridgehead atoms. The predicted molar refractivity (Wildman–Crippen MR) is 56.3 cm³/mol. The number of likely N-dealkylation sites (N-methyl/N-ethyl adjacent to an activating group) is 1. The standard InChI is InChI=1S/C10H12N4O/c1-7-12-5-8-3-4-14(10(8)13-7)6-9(15)11-2/h3-5H,6H2,1-2H3,(H,11,15). The van der Waals surface area contributed by atoms with Gasteiger partial charge in [0.25, 0.3) is 0 Å². The van der Waals surface area contributed by atoms with E-state index in [-0.39, 0.29) is 12.5 Å². The van der Waals surface area contributed by atoms with Gasteiger partial charge >= 0.3 is 0 Å². The molecule has 2 rings (SSSR count). The molecule has 1 N–H and O–H groups in total. The van der Waals surface area contributed by atoms with E-state index in [0.29, 0.717) is 5.82 Å². The summed E-state index contributed by atoms with van der Waals surface area (Å²) in [6.07, 6.45) is 3.60. The summed E-state index contributed by atoms with van der Waals surface area (Å²) >= 11 is 0. The van der Waals surface area contributed by atoms with E-state index in [1.165, 1.54) is 0 Å². The van der Waals surface area contributed by atoms with Crippen molar-refractivity contribution in [3.8, 4) is 0 Å². The van der Waals surface area contributed by atoms with Gasteiger partial charge in [0, 0.05) is 24.8 Å². The fourth-order valence-electron chi connectivity index (χ4n) is 1.42. The Hall–Kier alpha value is -1.91. The van der Waals surface area contributed by atoms with E-state index in [2.05, 4.69) is 15.3 Å². The minimum atomic E-state index is -0.0382. The molecule has 1 amide bonds. The molecule has 5 nitrogen and oxygen atoms in total. The highest BCUT2D eigenvalue weighted by Crippen LogP contribution is 2.11. The topological polar surface area (TPSA) is 59.8 Å². The maximum atomic E-state index is 11.2. The van der Waals surface area contributed by atoms with E-state index in [1.54, 1.807) is 13.2 Å². The van der Waals surface area contributed by atoms with Gasteiger partial charge in [0.2, 0.25) is 5.91 Å². The van der Waals surface area contributed by atoms with Gasteiger partial charge in [0.15, 0.2) is 0 Å². The summed E-state index contributed by atoms with van der Waals surface area (Å²) in [4.78, 5) is 19.6. The molecule has 0 radical (unpaired) electrons. The first-order chi connectivity index (χ1) is 7.20. The molecule has 2 aromatic rings. The van der Waals surface area contributed by atoms with Crippen LogP contribution in [0.5, 0.6) is 0 Å². The van der Waals surface area contributed by atoms with Crippen LogP contribution in [-0.2, 0) is 11.3 Å². The first-order valence-electron chi connectivity index (χ1n) is 4.70. The van der Waals surface area contributed by atoms with Crippen LogP contribution in [0.2, 0.25) is 0 Å². The number of carbonyl (C=O) groups is 1. The summed E-state index contributed by atoms with van der Waals surface area (Å²) in [6, 6.07) is 1.90. The highest BCUT2D eigenvalue weighted by atomic mass is 16.1. The van der Waals surface area contributed by atoms with E-state index >= 15 is 0 Å². The van der Waals surface area contributed by atoms with Crippen molar-refractivity contribution >= 4 is 16.9 Å². The van der Waals surface area contributed by atoms with Crippen LogP contribution in [0.4, 0.5) is 0 Å². The lowest BCUT2D eigenvalue weighted by atomic mass is 10.4. The number of nitrogens with one attached hydrogen (secondary N) is 1. The number of fused-ring (bicyclic) bond motifs is 1. The van der Waals surface area contributed by atoms with Gasteiger partial charge in [-0.15, -0.1) is 0 Å². The Balaban J connectivity index is 2.43. The van der Waals surface area contributed by atoms with Crippen LogP contribution in [0.15, 0.2) is 18.5 Å². The number of aromatic nitrogens is 3. The third-order valence-corrected chi connectivity index (χ3v) is 2.22. The Kier molecular flexibility index (Phi) is 2.37. The van der Waals surface area contributed by atoms with E-state index in [4.69, 9.17) is 0 Å². The zero-order valence-corrected chi connectivity index (χ0v) is 8.69. The lowest BCUT2D eigenvalue weighted by Crippen LogP contribution is -2.23. The third-order valence-electron chi connectivity index (χ3n) is 2.22. The van der Waals surface area contributed by atoms with Crippen molar-refractivity contribution < 1.29 is 4.79 Å². The minimum Gasteiger partial charge on any atom is -0.358 e. The van der Waals surface area contributed by atoms with Crippen molar-refractivity contribution in [2.75, 3.05) is 7.05 Å². The third kappa shape index (κ3) is 1.81. The zero-order valence-electron chi connectivity index (χ0n) is 8.69. The average molecular weight is 204 g/mol. The quantitative estimate of drug-likeness (QED) is 0.774. The smallest absolute Gasteiger partial charge is 0.239 e. The Bertz CT molecular complexity index is 503. The molecule has 0 aliphatic rings. The van der Waals surface area contributed by atoms with Crippen LogP contribution < -0.4 is 5.32 Å². The van der Waals surface area contributed by atoms with E-state index in [1.807, 2.05) is 23.8 Å². The van der Waals surface area contributed by atoms with Gasteiger partial charge in [-0.2, -0.15) is 0 Å². The van der Waals surface area contributed by atoms with Crippen LogP contribution in [0.1, 0.15) is 5.82 Å². The number of carbonyl (C=O) groups excluding carboxylic acids is 1. The van der Waals surface area contributed by atoms with Crippen molar-refractivity contribution in [3.05, 3.63) is 24.3 Å². The molecule has 0 atom stereocenters. The van der Waals surface area contributed by atoms with Crippen molar-refractivity contribution in [3.63, 3.8) is 0 Å². The number of aryl methyl sites for hydroxylation is 1. The molecule has 2 aromatic heterocycles. The average Bonchev–Trinajstić information content (AvgIpc) is 2.61. The van der Waals surface area contributed by atoms with E-state index in [0.717, 1.165) is 11.0 Å². The summed E-state index contributed by atoms with van der Waals surface area (Å²) in [7, 11) is 1.62. The number of nitrogens with zero attached hydrogens (tertiary/aromatic N) is 3. The molecule has 0 fully saturated rings. The Labute approximate surface area is 87.1 Å². The van der Waals surface area contributed by atoms with Crippen molar-refractivity contribution in [1.82, 2.24) is 19.9 Å². The van der Waals surface area contributed by atoms with Crippen LogP contribution in [0, 0.1) is 6.92 Å². The predicted octanol–water partition coefficient (Wildman–Crippen LogP) is 0.486. The van der Waals surface area contributed by atoms with Gasteiger partial charge < -0.3 is 9.88 Å². The minimum absolute atomic E-state index is 0.0382. The molecular weight excluding hydrogens is 192 g/mol. The Morgan fingerprint density at radius 2 is 2.40 bits per heavy atom. The molecule has 5 heteroatoms. The van der Waals surface area contributed by atoms with Crippen molar-refractivity contribution in [2.45, 2.75) is 13.5 Å². The molecule has 78 valence electrons. The molecule has 0 saturated carbocycles. The van der Waals surface area contributed by atoms with Crippen molar-refractivity contribution in [2.24, 2.45) is 0 Å². The van der Waals surface area contributed by atoms with Crippen molar-refractivity contribution in [1.29, 1.82) is 0 Å². The summed E-state index contributed by atoms with van der Waals surface area (Å²) in [5, 5.41) is 3.53. The molecular formula is C10H12N4O. The summed E-state index contributed by atoms with van der Waals surface area (Å²) < 4.78 is 1.81. The lowest BCUT2D eigenvalue weighted by molar-refractivity contribution is -0.121. The van der Waals surface area contributed by atoms with E-state index in [9.17, 15) is 4.79 Å². The molecule has 0 spiro atoms. The Morgan fingerprint density at radius 1 is 1.60 bits per heavy atom. The highest BCUT2D eigenvalue weighted by molar-refractivity contribution is 5.80. The van der Waals surface area contributed by atoms with Gasteiger partial charge in [-0.3, -0.25) is 4.79 Å². The van der Waals surface area contributed by atoms with Gasteiger partial charge in [-0.1, -0.05) is 0 Å². The normalized spacial score (nSPS) is 10.5. The van der Waals surface area contributed by atoms with Gasteiger partial charge in [0.1, 0.15) is 18.0 Å². The van der Waals surface area contributed by atoms with Gasteiger partial charge in [-0.05, 0) is 13.0 Å². The largest absolute Gasteiger partial charge is 0.358 e. The molecule has 0 aromatic carbocycles. The lowest BCUT2D eigenvalue weighted by Gasteiger charge is -2.03. The summed E-state index contributed by atoms with van der Waals surface area (Å²) in [5.74, 6) is 0.670. The molecule has 0 unspecified atom stereocenters. The maximum Gasteiger partial charge on any atom is 0.239 e.